The Morgan fingerprint density at radius 2 is 2.22 bits per heavy atom. The van der Waals surface area contributed by atoms with E-state index in [9.17, 15) is 4.39 Å². The highest BCUT2D eigenvalue weighted by Gasteiger charge is 2.39. The first-order valence-corrected chi connectivity index (χ1v) is 6.70. The molecular formula is C14H16FN3. The smallest absolute Gasteiger partial charge is 0.201 e. The summed E-state index contributed by atoms with van der Waals surface area (Å²) in [7, 11) is 0. The molecule has 2 fully saturated rings. The van der Waals surface area contributed by atoms with Crippen LogP contribution in [-0.2, 0) is 0 Å². The second-order valence-corrected chi connectivity index (χ2v) is 5.67. The van der Waals surface area contributed by atoms with Gasteiger partial charge in [0.2, 0.25) is 5.95 Å². The van der Waals surface area contributed by atoms with E-state index in [4.69, 9.17) is 0 Å². The highest BCUT2D eigenvalue weighted by Crippen LogP contribution is 2.45. The predicted octanol–water partition coefficient (Wildman–Crippen LogP) is 3.30. The van der Waals surface area contributed by atoms with E-state index in [0.29, 0.717) is 6.04 Å². The van der Waals surface area contributed by atoms with Gasteiger partial charge in [0.1, 0.15) is 5.82 Å². The molecule has 3 unspecified atom stereocenters. The number of nitrogens with one attached hydrogen (secondary N) is 2. The van der Waals surface area contributed by atoms with Crippen LogP contribution in [0.4, 0.5) is 10.3 Å². The summed E-state index contributed by atoms with van der Waals surface area (Å²) in [4.78, 5) is 7.63. The van der Waals surface area contributed by atoms with E-state index >= 15 is 0 Å². The van der Waals surface area contributed by atoms with Gasteiger partial charge in [0.15, 0.2) is 0 Å². The maximum absolute atomic E-state index is 13.1. The fraction of sp³-hybridized carbons (Fsp3) is 0.500. The van der Waals surface area contributed by atoms with Gasteiger partial charge in [-0.15, -0.1) is 0 Å². The number of hydrogen-bond acceptors (Lipinski definition) is 2. The van der Waals surface area contributed by atoms with Crippen molar-refractivity contribution in [2.45, 2.75) is 31.7 Å². The molecule has 2 aliphatic rings. The van der Waals surface area contributed by atoms with Gasteiger partial charge in [-0.2, -0.15) is 0 Å². The average Bonchev–Trinajstić information content (AvgIpc) is 3.02. The normalized spacial score (nSPS) is 30.2. The number of aromatic amines is 1. The van der Waals surface area contributed by atoms with Gasteiger partial charge < -0.3 is 10.3 Å². The summed E-state index contributed by atoms with van der Waals surface area (Å²) in [6.07, 6.45) is 5.37. The fourth-order valence-electron chi connectivity index (χ4n) is 3.65. The highest BCUT2D eigenvalue weighted by molar-refractivity contribution is 5.77. The predicted molar refractivity (Wildman–Crippen MR) is 68.9 cm³/mol. The molecule has 1 heterocycles. The first kappa shape index (κ1) is 10.4. The van der Waals surface area contributed by atoms with Gasteiger partial charge in [-0.1, -0.05) is 6.42 Å². The van der Waals surface area contributed by atoms with Gasteiger partial charge >= 0.3 is 0 Å². The summed E-state index contributed by atoms with van der Waals surface area (Å²) in [5.41, 5.74) is 1.59. The number of nitrogens with zero attached hydrogens (tertiary/aromatic N) is 1. The van der Waals surface area contributed by atoms with Crippen LogP contribution in [0, 0.1) is 17.7 Å². The first-order chi connectivity index (χ1) is 8.78. The van der Waals surface area contributed by atoms with E-state index < -0.39 is 0 Å². The van der Waals surface area contributed by atoms with Crippen LogP contribution in [0.3, 0.4) is 0 Å². The minimum Gasteiger partial charge on any atom is -0.353 e. The van der Waals surface area contributed by atoms with E-state index in [1.54, 1.807) is 6.07 Å². The molecule has 3 nitrogen and oxygen atoms in total. The second-order valence-electron chi connectivity index (χ2n) is 5.67. The number of hydrogen-bond donors (Lipinski definition) is 2. The lowest BCUT2D eigenvalue weighted by Crippen LogP contribution is -2.26. The van der Waals surface area contributed by atoms with Crippen molar-refractivity contribution in [1.82, 2.24) is 9.97 Å². The lowest BCUT2D eigenvalue weighted by Gasteiger charge is -2.22. The number of anilines is 1. The number of imidazole rings is 1. The maximum Gasteiger partial charge on any atom is 0.201 e. The van der Waals surface area contributed by atoms with Crippen molar-refractivity contribution >= 4 is 17.0 Å². The Kier molecular flexibility index (Phi) is 2.13. The molecule has 2 N–H and O–H groups in total. The zero-order valence-electron chi connectivity index (χ0n) is 10.1. The van der Waals surface area contributed by atoms with Gasteiger partial charge in [0, 0.05) is 6.04 Å². The Labute approximate surface area is 105 Å². The Hall–Kier alpha value is -1.58. The van der Waals surface area contributed by atoms with Gasteiger partial charge in [-0.3, -0.25) is 0 Å². The third-order valence-electron chi connectivity index (χ3n) is 4.50. The van der Waals surface area contributed by atoms with Crippen molar-refractivity contribution < 1.29 is 4.39 Å². The SMILES string of the molecule is Fc1ccc2nc(NC3CC4CCC3C4)[nH]c2c1. The van der Waals surface area contributed by atoms with E-state index in [1.165, 1.54) is 37.8 Å². The molecule has 2 aliphatic carbocycles. The second kappa shape index (κ2) is 3.70. The number of halogens is 1. The van der Waals surface area contributed by atoms with Crippen LogP contribution in [0.15, 0.2) is 18.2 Å². The number of fused-ring (bicyclic) bond motifs is 3. The molecule has 2 aromatic rings. The number of benzene rings is 1. The molecule has 2 saturated carbocycles. The van der Waals surface area contributed by atoms with Crippen LogP contribution in [0.2, 0.25) is 0 Å². The zero-order chi connectivity index (χ0) is 12.1. The largest absolute Gasteiger partial charge is 0.353 e. The minimum atomic E-state index is -0.224. The molecule has 3 atom stereocenters. The average molecular weight is 245 g/mol. The maximum atomic E-state index is 13.1. The molecule has 94 valence electrons. The summed E-state index contributed by atoms with van der Waals surface area (Å²) in [5, 5.41) is 3.49. The molecule has 4 rings (SSSR count). The Morgan fingerprint density at radius 3 is 3.00 bits per heavy atom. The van der Waals surface area contributed by atoms with Crippen LogP contribution in [0.25, 0.3) is 11.0 Å². The molecule has 1 aromatic heterocycles. The third kappa shape index (κ3) is 1.59. The molecule has 0 spiro atoms. The number of aromatic nitrogens is 2. The number of rotatable bonds is 2. The summed E-state index contributed by atoms with van der Waals surface area (Å²) >= 11 is 0. The van der Waals surface area contributed by atoms with Gasteiger partial charge in [0.05, 0.1) is 11.0 Å². The Balaban J connectivity index is 1.59. The van der Waals surface area contributed by atoms with Crippen molar-refractivity contribution in [3.05, 3.63) is 24.0 Å². The van der Waals surface area contributed by atoms with Crippen molar-refractivity contribution in [1.29, 1.82) is 0 Å². The number of H-pyrrole nitrogens is 1. The van der Waals surface area contributed by atoms with Gasteiger partial charge in [0.25, 0.3) is 0 Å². The van der Waals surface area contributed by atoms with E-state index in [0.717, 1.165) is 28.8 Å². The van der Waals surface area contributed by atoms with Crippen molar-refractivity contribution in [2.75, 3.05) is 5.32 Å². The van der Waals surface area contributed by atoms with E-state index in [-0.39, 0.29) is 5.82 Å². The fourth-order valence-corrected chi connectivity index (χ4v) is 3.65. The topological polar surface area (TPSA) is 40.7 Å². The van der Waals surface area contributed by atoms with Crippen molar-refractivity contribution in [2.24, 2.45) is 11.8 Å². The molecule has 4 heteroatoms. The van der Waals surface area contributed by atoms with Crippen molar-refractivity contribution in [3.63, 3.8) is 0 Å². The summed E-state index contributed by atoms with van der Waals surface area (Å²) in [6.45, 7) is 0. The summed E-state index contributed by atoms with van der Waals surface area (Å²) in [5.74, 6) is 2.28. The van der Waals surface area contributed by atoms with Crippen LogP contribution >= 0.6 is 0 Å². The van der Waals surface area contributed by atoms with Crippen LogP contribution < -0.4 is 5.32 Å². The summed E-state index contributed by atoms with van der Waals surface area (Å²) < 4.78 is 13.1. The van der Waals surface area contributed by atoms with Crippen molar-refractivity contribution in [3.8, 4) is 0 Å². The first-order valence-electron chi connectivity index (χ1n) is 6.70. The monoisotopic (exact) mass is 245 g/mol. The molecular weight excluding hydrogens is 229 g/mol. The lowest BCUT2D eigenvalue weighted by atomic mass is 9.95. The molecule has 0 saturated heterocycles. The van der Waals surface area contributed by atoms with E-state index in [1.807, 2.05) is 0 Å². The molecule has 2 bridgehead atoms. The van der Waals surface area contributed by atoms with Gasteiger partial charge in [-0.25, -0.2) is 9.37 Å². The van der Waals surface area contributed by atoms with Crippen LogP contribution in [-0.4, -0.2) is 16.0 Å². The Bertz CT molecular complexity index is 592. The van der Waals surface area contributed by atoms with Gasteiger partial charge in [-0.05, 0) is 49.3 Å². The van der Waals surface area contributed by atoms with Crippen LogP contribution in [0.1, 0.15) is 25.7 Å². The summed E-state index contributed by atoms with van der Waals surface area (Å²) in [6, 6.07) is 5.21. The molecule has 18 heavy (non-hydrogen) atoms. The Morgan fingerprint density at radius 1 is 1.28 bits per heavy atom. The third-order valence-corrected chi connectivity index (χ3v) is 4.50. The molecule has 1 aromatic carbocycles. The van der Waals surface area contributed by atoms with E-state index in [2.05, 4.69) is 15.3 Å². The lowest BCUT2D eigenvalue weighted by molar-refractivity contribution is 0.438. The molecule has 0 radical (unpaired) electrons. The molecule has 0 aliphatic heterocycles. The highest BCUT2D eigenvalue weighted by atomic mass is 19.1. The van der Waals surface area contributed by atoms with Crippen LogP contribution in [0.5, 0.6) is 0 Å². The minimum absolute atomic E-state index is 0.224. The standard InChI is InChI=1S/C14H16FN3/c15-10-3-4-11-13(7-10)18-14(16-11)17-12-6-8-1-2-9(12)5-8/h3-4,7-9,12H,1-2,5-6H2,(H2,16,17,18). The quantitative estimate of drug-likeness (QED) is 0.852. The molecule has 0 amide bonds. The zero-order valence-corrected chi connectivity index (χ0v) is 10.1.